The van der Waals surface area contributed by atoms with Crippen molar-refractivity contribution in [1.29, 1.82) is 0 Å². The van der Waals surface area contributed by atoms with E-state index in [4.69, 9.17) is 13.9 Å². The number of rotatable bonds is 4. The molecule has 1 aromatic heterocycles. The van der Waals surface area contributed by atoms with E-state index in [0.717, 1.165) is 6.07 Å². The molecule has 0 saturated carbocycles. The summed E-state index contributed by atoms with van der Waals surface area (Å²) in [5, 5.41) is 58.8. The molecule has 164 valence electrons. The summed E-state index contributed by atoms with van der Waals surface area (Å²) in [5.41, 5.74) is -0.0204. The highest BCUT2D eigenvalue weighted by atomic mass is 16.7. The fourth-order valence-corrected chi connectivity index (χ4v) is 3.38. The fraction of sp³-hybridized carbons (Fsp3) is 0.286. The lowest BCUT2D eigenvalue weighted by molar-refractivity contribution is -0.277. The molecule has 2 unspecified atom stereocenters. The molecule has 4 rings (SSSR count). The lowest BCUT2D eigenvalue weighted by Crippen LogP contribution is -2.60. The predicted molar refractivity (Wildman–Crippen MR) is 106 cm³/mol. The first-order valence-corrected chi connectivity index (χ1v) is 9.36. The van der Waals surface area contributed by atoms with Crippen LogP contribution in [-0.4, -0.2) is 68.0 Å². The second kappa shape index (κ2) is 8.17. The maximum absolute atomic E-state index is 12.5. The molecule has 1 fully saturated rings. The second-order valence-electron chi connectivity index (χ2n) is 7.15. The van der Waals surface area contributed by atoms with E-state index in [1.54, 1.807) is 12.1 Å². The summed E-state index contributed by atoms with van der Waals surface area (Å²) in [5.74, 6) is -0.273. The van der Waals surface area contributed by atoms with Crippen LogP contribution in [0.1, 0.15) is 0 Å². The molecule has 1 saturated heterocycles. The van der Waals surface area contributed by atoms with Gasteiger partial charge in [-0.25, -0.2) is 0 Å². The third-order valence-electron chi connectivity index (χ3n) is 5.04. The van der Waals surface area contributed by atoms with E-state index < -0.39 is 48.5 Å². The summed E-state index contributed by atoms with van der Waals surface area (Å²) in [6, 6.07) is 9.56. The number of benzene rings is 2. The molecular formula is C21H20O10. The Morgan fingerprint density at radius 3 is 2.32 bits per heavy atom. The third-order valence-corrected chi connectivity index (χ3v) is 5.04. The standard InChI is InChI=1S/C21H20O10/c22-8-16-18(26)19(27)20(28)21(31-16)29-11-5-12(24)17-13(25)7-14(30-15(17)6-11)9-1-3-10(23)4-2-9/h1-7,16,18-24,26-28H,8H2/t16?,18-,19-,20?,21-/m1/s1. The van der Waals surface area contributed by atoms with Crippen molar-refractivity contribution >= 4 is 11.0 Å². The van der Waals surface area contributed by atoms with Crippen LogP contribution < -0.4 is 10.2 Å². The van der Waals surface area contributed by atoms with Crippen LogP contribution in [0.3, 0.4) is 0 Å². The van der Waals surface area contributed by atoms with Gasteiger partial charge in [0.25, 0.3) is 0 Å². The summed E-state index contributed by atoms with van der Waals surface area (Å²) >= 11 is 0. The largest absolute Gasteiger partial charge is 0.508 e. The van der Waals surface area contributed by atoms with Crippen LogP contribution in [-0.2, 0) is 4.74 Å². The number of aliphatic hydroxyl groups excluding tert-OH is 4. The number of phenols is 2. The van der Waals surface area contributed by atoms with Crippen LogP contribution >= 0.6 is 0 Å². The number of aliphatic hydroxyl groups is 4. The number of aromatic hydroxyl groups is 2. The van der Waals surface area contributed by atoms with Gasteiger partial charge in [-0.15, -0.1) is 0 Å². The van der Waals surface area contributed by atoms with Crippen LogP contribution in [0.4, 0.5) is 0 Å². The first-order chi connectivity index (χ1) is 14.8. The zero-order valence-electron chi connectivity index (χ0n) is 16.0. The Morgan fingerprint density at radius 1 is 0.935 bits per heavy atom. The number of hydrogen-bond acceptors (Lipinski definition) is 10. The lowest BCUT2D eigenvalue weighted by Gasteiger charge is -2.39. The van der Waals surface area contributed by atoms with Crippen LogP contribution in [0.25, 0.3) is 22.3 Å². The van der Waals surface area contributed by atoms with Crippen LogP contribution in [0.15, 0.2) is 51.7 Å². The van der Waals surface area contributed by atoms with Gasteiger partial charge in [0.2, 0.25) is 6.29 Å². The molecule has 2 heterocycles. The summed E-state index contributed by atoms with van der Waals surface area (Å²) in [6.45, 7) is -0.626. The van der Waals surface area contributed by atoms with Gasteiger partial charge in [-0.3, -0.25) is 4.79 Å². The molecule has 1 aliphatic heterocycles. The summed E-state index contributed by atoms with van der Waals surface area (Å²) in [6.07, 6.45) is -7.47. The fourth-order valence-electron chi connectivity index (χ4n) is 3.38. The van der Waals surface area contributed by atoms with E-state index in [2.05, 4.69) is 0 Å². The van der Waals surface area contributed by atoms with Crippen molar-refractivity contribution in [3.63, 3.8) is 0 Å². The number of hydrogen-bond donors (Lipinski definition) is 6. The van der Waals surface area contributed by atoms with E-state index >= 15 is 0 Å². The minimum absolute atomic E-state index is 0.0184. The van der Waals surface area contributed by atoms with Crippen LogP contribution in [0.2, 0.25) is 0 Å². The van der Waals surface area contributed by atoms with Crippen molar-refractivity contribution < 1.29 is 44.5 Å². The lowest BCUT2D eigenvalue weighted by atomic mass is 9.99. The zero-order valence-corrected chi connectivity index (χ0v) is 16.0. The van der Waals surface area contributed by atoms with Crippen molar-refractivity contribution in [2.45, 2.75) is 30.7 Å². The van der Waals surface area contributed by atoms with Crippen molar-refractivity contribution in [3.8, 4) is 28.6 Å². The van der Waals surface area contributed by atoms with Gasteiger partial charge >= 0.3 is 0 Å². The Morgan fingerprint density at radius 2 is 1.65 bits per heavy atom. The highest BCUT2D eigenvalue weighted by Crippen LogP contribution is 2.33. The van der Waals surface area contributed by atoms with E-state index in [-0.39, 0.29) is 28.2 Å². The van der Waals surface area contributed by atoms with E-state index in [1.165, 1.54) is 24.3 Å². The number of ether oxygens (including phenoxy) is 2. The molecule has 1 aliphatic rings. The Labute approximate surface area is 174 Å². The van der Waals surface area contributed by atoms with Gasteiger partial charge in [-0.05, 0) is 24.3 Å². The van der Waals surface area contributed by atoms with Crippen LogP contribution in [0.5, 0.6) is 17.2 Å². The molecule has 0 bridgehead atoms. The predicted octanol–water partition coefficient (Wildman–Crippen LogP) is 0.0499. The molecule has 0 radical (unpaired) electrons. The highest BCUT2D eigenvalue weighted by Gasteiger charge is 2.44. The topological polar surface area (TPSA) is 170 Å². The maximum atomic E-state index is 12.5. The molecule has 31 heavy (non-hydrogen) atoms. The Kier molecular flexibility index (Phi) is 5.56. The molecule has 2 aromatic carbocycles. The molecule has 3 aromatic rings. The normalized spacial score (nSPS) is 26.1. The third kappa shape index (κ3) is 3.94. The quantitative estimate of drug-likeness (QED) is 0.331. The molecular weight excluding hydrogens is 412 g/mol. The zero-order chi connectivity index (χ0) is 22.3. The van der Waals surface area contributed by atoms with Gasteiger partial charge in [-0.1, -0.05) is 0 Å². The smallest absolute Gasteiger partial charge is 0.229 e. The van der Waals surface area contributed by atoms with Crippen molar-refractivity contribution in [3.05, 3.63) is 52.7 Å². The van der Waals surface area contributed by atoms with Gasteiger partial charge < -0.3 is 44.5 Å². The molecule has 5 atom stereocenters. The van der Waals surface area contributed by atoms with E-state index in [9.17, 15) is 35.4 Å². The number of fused-ring (bicyclic) bond motifs is 1. The highest BCUT2D eigenvalue weighted by molar-refractivity contribution is 5.86. The van der Waals surface area contributed by atoms with Crippen molar-refractivity contribution in [2.24, 2.45) is 0 Å². The van der Waals surface area contributed by atoms with Gasteiger partial charge in [0.15, 0.2) is 5.43 Å². The average molecular weight is 432 g/mol. The first kappa shape index (κ1) is 21.1. The first-order valence-electron chi connectivity index (χ1n) is 9.36. The molecule has 6 N–H and O–H groups in total. The average Bonchev–Trinajstić information content (AvgIpc) is 2.74. The minimum Gasteiger partial charge on any atom is -0.508 e. The summed E-state index contributed by atoms with van der Waals surface area (Å²) < 4.78 is 16.5. The Bertz CT molecular complexity index is 1140. The van der Waals surface area contributed by atoms with Crippen molar-refractivity contribution in [1.82, 2.24) is 0 Å². The molecule has 10 nitrogen and oxygen atoms in total. The van der Waals surface area contributed by atoms with Gasteiger partial charge in [0.05, 0.1) is 6.61 Å². The Hall–Kier alpha value is -3.15. The summed E-state index contributed by atoms with van der Waals surface area (Å²) in [4.78, 5) is 12.5. The van der Waals surface area contributed by atoms with Gasteiger partial charge in [0.1, 0.15) is 58.4 Å². The molecule has 10 heteroatoms. The monoisotopic (exact) mass is 432 g/mol. The van der Waals surface area contributed by atoms with E-state index in [1.807, 2.05) is 0 Å². The van der Waals surface area contributed by atoms with Gasteiger partial charge in [-0.2, -0.15) is 0 Å². The maximum Gasteiger partial charge on any atom is 0.229 e. The number of phenolic OH excluding ortho intramolecular Hbond substituents is 2. The van der Waals surface area contributed by atoms with Crippen LogP contribution in [0, 0.1) is 0 Å². The Balaban J connectivity index is 1.71. The van der Waals surface area contributed by atoms with E-state index in [0.29, 0.717) is 5.56 Å². The van der Waals surface area contributed by atoms with Crippen molar-refractivity contribution in [2.75, 3.05) is 6.61 Å². The molecule has 0 spiro atoms. The second-order valence-corrected chi connectivity index (χ2v) is 7.15. The molecule has 0 amide bonds. The van der Waals surface area contributed by atoms with Gasteiger partial charge in [0, 0.05) is 23.8 Å². The molecule has 0 aliphatic carbocycles. The SMILES string of the molecule is O=c1cc(-c2ccc(O)cc2)oc2cc(O[C@@H]3OC(CO)[C@@H](O)[C@@H](O)C3O)cc(O)c12. The summed E-state index contributed by atoms with van der Waals surface area (Å²) in [7, 11) is 0. The minimum atomic E-state index is -1.65.